The van der Waals surface area contributed by atoms with Gasteiger partial charge in [0.1, 0.15) is 5.75 Å². The Bertz CT molecular complexity index is 291. The van der Waals surface area contributed by atoms with Crippen molar-refractivity contribution in [2.75, 3.05) is 18.1 Å². The highest BCUT2D eigenvalue weighted by Crippen LogP contribution is 2.17. The van der Waals surface area contributed by atoms with Crippen molar-refractivity contribution in [1.29, 1.82) is 0 Å². The van der Waals surface area contributed by atoms with Gasteiger partial charge in [0, 0.05) is 17.9 Å². The van der Waals surface area contributed by atoms with Crippen molar-refractivity contribution in [3.05, 3.63) is 29.8 Å². The molecule has 0 bridgehead atoms. The highest BCUT2D eigenvalue weighted by Gasteiger charge is 1.99. The van der Waals surface area contributed by atoms with Gasteiger partial charge in [0.05, 0.1) is 6.61 Å². The molecule has 2 N–H and O–H groups in total. The second-order valence-corrected chi connectivity index (χ2v) is 4.85. The Balaban J connectivity index is 2.21. The Hall–Kier alpha value is -0.670. The third kappa shape index (κ3) is 4.90. The van der Waals surface area contributed by atoms with Gasteiger partial charge in [0.15, 0.2) is 0 Å². The first-order chi connectivity index (χ1) is 7.88. The molecule has 1 aromatic rings. The molecular formula is C13H21NOS. The number of nitrogens with two attached hydrogens (primary N) is 1. The molecule has 0 spiro atoms. The minimum absolute atomic E-state index is 0.541. The molecule has 0 fully saturated rings. The molecule has 0 aliphatic rings. The molecule has 0 aliphatic heterocycles. The lowest BCUT2D eigenvalue weighted by Gasteiger charge is -2.09. The molecule has 2 nitrogen and oxygen atoms in total. The molecule has 0 aliphatic carbocycles. The zero-order valence-electron chi connectivity index (χ0n) is 9.95. The topological polar surface area (TPSA) is 35.2 Å². The lowest BCUT2D eigenvalue weighted by atomic mass is 10.2. The number of thioether (sulfide) groups is 1. The average Bonchev–Trinajstić information content (AvgIpc) is 2.34. The van der Waals surface area contributed by atoms with Crippen molar-refractivity contribution < 1.29 is 4.74 Å². The first kappa shape index (κ1) is 13.4. The summed E-state index contributed by atoms with van der Waals surface area (Å²) in [5.74, 6) is 3.22. The van der Waals surface area contributed by atoms with Crippen LogP contribution in [0.4, 0.5) is 0 Å². The number of hydrogen-bond acceptors (Lipinski definition) is 3. The van der Waals surface area contributed by atoms with E-state index in [4.69, 9.17) is 10.5 Å². The van der Waals surface area contributed by atoms with Gasteiger partial charge in [-0.25, -0.2) is 0 Å². The van der Waals surface area contributed by atoms with Crippen LogP contribution in [0, 0.1) is 0 Å². The van der Waals surface area contributed by atoms with E-state index in [1.54, 1.807) is 0 Å². The normalized spacial score (nSPS) is 10.4. The summed E-state index contributed by atoms with van der Waals surface area (Å²) in [6.07, 6.45) is 2.56. The lowest BCUT2D eigenvalue weighted by Crippen LogP contribution is -2.05. The second kappa shape index (κ2) is 8.48. The Morgan fingerprint density at radius 3 is 2.81 bits per heavy atom. The van der Waals surface area contributed by atoms with Gasteiger partial charge in [-0.05, 0) is 18.2 Å². The van der Waals surface area contributed by atoms with Gasteiger partial charge in [-0.1, -0.05) is 31.5 Å². The Morgan fingerprint density at radius 2 is 2.06 bits per heavy atom. The van der Waals surface area contributed by atoms with Gasteiger partial charge >= 0.3 is 0 Å². The van der Waals surface area contributed by atoms with E-state index in [1.165, 1.54) is 18.6 Å². The van der Waals surface area contributed by atoms with Crippen LogP contribution in [-0.4, -0.2) is 18.1 Å². The number of unbranched alkanes of at least 4 members (excludes halogenated alkanes) is 1. The van der Waals surface area contributed by atoms with Gasteiger partial charge in [-0.3, -0.25) is 0 Å². The van der Waals surface area contributed by atoms with Crippen molar-refractivity contribution in [2.45, 2.75) is 26.3 Å². The van der Waals surface area contributed by atoms with E-state index in [9.17, 15) is 0 Å². The van der Waals surface area contributed by atoms with Crippen molar-refractivity contribution >= 4 is 11.8 Å². The average molecular weight is 239 g/mol. The van der Waals surface area contributed by atoms with Crippen LogP contribution in [0.5, 0.6) is 5.75 Å². The number of ether oxygens (including phenoxy) is 1. The van der Waals surface area contributed by atoms with E-state index < -0.39 is 0 Å². The van der Waals surface area contributed by atoms with Crippen molar-refractivity contribution in [3.8, 4) is 5.75 Å². The summed E-state index contributed by atoms with van der Waals surface area (Å²) < 4.78 is 5.71. The predicted molar refractivity (Wildman–Crippen MR) is 72.1 cm³/mol. The smallest absolute Gasteiger partial charge is 0.123 e. The third-order valence-electron chi connectivity index (χ3n) is 2.32. The second-order valence-electron chi connectivity index (χ2n) is 3.63. The van der Waals surface area contributed by atoms with Crippen molar-refractivity contribution in [3.63, 3.8) is 0 Å². The summed E-state index contributed by atoms with van der Waals surface area (Å²) in [4.78, 5) is 0. The lowest BCUT2D eigenvalue weighted by molar-refractivity contribution is 0.340. The van der Waals surface area contributed by atoms with Crippen LogP contribution in [0.15, 0.2) is 24.3 Å². The molecule has 0 saturated carbocycles. The van der Waals surface area contributed by atoms with Gasteiger partial charge in [0.2, 0.25) is 0 Å². The fraction of sp³-hybridized carbons (Fsp3) is 0.538. The maximum atomic E-state index is 5.71. The zero-order chi connectivity index (χ0) is 11.6. The fourth-order valence-electron chi connectivity index (χ4n) is 1.37. The highest BCUT2D eigenvalue weighted by molar-refractivity contribution is 7.99. The van der Waals surface area contributed by atoms with Crippen LogP contribution in [0.25, 0.3) is 0 Å². The van der Waals surface area contributed by atoms with Gasteiger partial charge in [-0.2, -0.15) is 11.8 Å². The van der Waals surface area contributed by atoms with Gasteiger partial charge in [-0.15, -0.1) is 0 Å². The monoisotopic (exact) mass is 239 g/mol. The molecule has 0 amide bonds. The van der Waals surface area contributed by atoms with Gasteiger partial charge < -0.3 is 10.5 Å². The molecule has 90 valence electrons. The van der Waals surface area contributed by atoms with E-state index in [1.807, 2.05) is 36.0 Å². The number of rotatable bonds is 8. The quantitative estimate of drug-likeness (QED) is 0.708. The molecule has 0 unspecified atom stereocenters. The van der Waals surface area contributed by atoms with E-state index in [-0.39, 0.29) is 0 Å². The summed E-state index contributed by atoms with van der Waals surface area (Å²) in [6, 6.07) is 7.97. The summed E-state index contributed by atoms with van der Waals surface area (Å²) in [5.41, 5.74) is 6.72. The van der Waals surface area contributed by atoms with Crippen LogP contribution in [0.2, 0.25) is 0 Å². The highest BCUT2D eigenvalue weighted by atomic mass is 32.2. The first-order valence-corrected chi connectivity index (χ1v) is 7.02. The molecule has 0 saturated heterocycles. The van der Waals surface area contributed by atoms with Crippen LogP contribution in [0.3, 0.4) is 0 Å². The molecule has 0 heterocycles. The summed E-state index contributed by atoms with van der Waals surface area (Å²) in [6.45, 7) is 3.53. The summed E-state index contributed by atoms with van der Waals surface area (Å²) >= 11 is 1.95. The van der Waals surface area contributed by atoms with E-state index in [0.717, 1.165) is 23.7 Å². The standard InChI is InChI=1S/C13H21NOS/c1-2-3-9-16-10-8-15-13-7-5-4-6-12(13)11-14/h4-7H,2-3,8-11,14H2,1H3. The summed E-state index contributed by atoms with van der Waals surface area (Å²) in [5, 5.41) is 0. The molecule has 3 heteroatoms. The molecular weight excluding hydrogens is 218 g/mol. The van der Waals surface area contributed by atoms with Crippen molar-refractivity contribution in [2.24, 2.45) is 5.73 Å². The minimum Gasteiger partial charge on any atom is -0.492 e. The minimum atomic E-state index is 0.541. The number of hydrogen-bond donors (Lipinski definition) is 1. The van der Waals surface area contributed by atoms with E-state index in [2.05, 4.69) is 6.92 Å². The largest absolute Gasteiger partial charge is 0.492 e. The SMILES string of the molecule is CCCCSCCOc1ccccc1CN. The number of benzene rings is 1. The first-order valence-electron chi connectivity index (χ1n) is 5.87. The van der Waals surface area contributed by atoms with Crippen LogP contribution < -0.4 is 10.5 Å². The van der Waals surface area contributed by atoms with E-state index in [0.29, 0.717) is 6.54 Å². The molecule has 0 radical (unpaired) electrons. The zero-order valence-corrected chi connectivity index (χ0v) is 10.8. The molecule has 0 aromatic heterocycles. The fourth-order valence-corrected chi connectivity index (χ4v) is 2.27. The van der Waals surface area contributed by atoms with Crippen LogP contribution in [-0.2, 0) is 6.54 Å². The Morgan fingerprint density at radius 1 is 1.25 bits per heavy atom. The third-order valence-corrected chi connectivity index (χ3v) is 3.35. The summed E-state index contributed by atoms with van der Waals surface area (Å²) in [7, 11) is 0. The van der Waals surface area contributed by atoms with Crippen LogP contribution in [0.1, 0.15) is 25.3 Å². The molecule has 1 aromatic carbocycles. The van der Waals surface area contributed by atoms with Crippen LogP contribution >= 0.6 is 11.8 Å². The van der Waals surface area contributed by atoms with E-state index >= 15 is 0 Å². The molecule has 16 heavy (non-hydrogen) atoms. The molecule has 0 atom stereocenters. The van der Waals surface area contributed by atoms with Gasteiger partial charge in [0.25, 0.3) is 0 Å². The maximum absolute atomic E-state index is 5.71. The Kier molecular flexibility index (Phi) is 7.10. The van der Waals surface area contributed by atoms with Crippen molar-refractivity contribution in [1.82, 2.24) is 0 Å². The Labute approximate surface area is 103 Å². The molecule has 1 rings (SSSR count). The number of para-hydroxylation sites is 1. The predicted octanol–water partition coefficient (Wildman–Crippen LogP) is 3.06. The maximum Gasteiger partial charge on any atom is 0.123 e.